The summed E-state index contributed by atoms with van der Waals surface area (Å²) >= 11 is 0. The van der Waals surface area contributed by atoms with E-state index >= 15 is 0 Å². The number of nitrogens with zero attached hydrogens (tertiary/aromatic N) is 3. The molecule has 0 bridgehead atoms. The molecule has 0 aliphatic heterocycles. The van der Waals surface area contributed by atoms with Crippen LogP contribution in [-0.2, 0) is 13.6 Å². The van der Waals surface area contributed by atoms with Gasteiger partial charge in [0.1, 0.15) is 11.5 Å². The number of carbonyl (C=O) groups excluding carboxylic acids is 1. The fourth-order valence-corrected chi connectivity index (χ4v) is 3.11. The van der Waals surface area contributed by atoms with Crippen molar-refractivity contribution in [2.75, 3.05) is 6.54 Å². The summed E-state index contributed by atoms with van der Waals surface area (Å²) in [5.74, 6) is -0.542. The lowest BCUT2D eigenvalue weighted by Crippen LogP contribution is -2.28. The number of nitrogens with one attached hydrogen (secondary N) is 1. The molecule has 6 heteroatoms. The molecule has 1 N–H and O–H groups in total. The first kappa shape index (κ1) is 15.4. The minimum Gasteiger partial charge on any atom is -0.349 e. The van der Waals surface area contributed by atoms with Crippen LogP contribution in [0.1, 0.15) is 10.5 Å². The van der Waals surface area contributed by atoms with Gasteiger partial charge in [-0.3, -0.25) is 4.79 Å². The molecule has 4 aromatic rings. The highest BCUT2D eigenvalue weighted by molar-refractivity contribution is 5.98. The molecule has 0 atom stereocenters. The second-order valence-corrected chi connectivity index (χ2v) is 5.94. The van der Waals surface area contributed by atoms with Gasteiger partial charge in [0.25, 0.3) is 5.91 Å². The molecule has 1 amide bonds. The number of amides is 1. The number of rotatable bonds is 4. The van der Waals surface area contributed by atoms with E-state index in [-0.39, 0.29) is 11.7 Å². The maximum atomic E-state index is 13.9. The highest BCUT2D eigenvalue weighted by atomic mass is 19.1. The molecule has 2 aromatic heterocycles. The topological polar surface area (TPSA) is 51.9 Å². The van der Waals surface area contributed by atoms with Gasteiger partial charge in [0, 0.05) is 25.5 Å². The van der Waals surface area contributed by atoms with E-state index in [1.807, 2.05) is 28.8 Å². The molecule has 0 radical (unpaired) electrons. The standard InChI is InChI=1S/C19H17FN4O/c1-23-16-8-4-5-14(20)13(16)11-18(23)19(25)21-9-10-24-12-22-15-6-2-3-7-17(15)24/h2-8,11-12H,9-10H2,1H3,(H,21,25). The highest BCUT2D eigenvalue weighted by Crippen LogP contribution is 2.21. The van der Waals surface area contributed by atoms with Crippen LogP contribution in [-0.4, -0.2) is 26.6 Å². The van der Waals surface area contributed by atoms with Crippen molar-refractivity contribution in [3.63, 3.8) is 0 Å². The van der Waals surface area contributed by atoms with Crippen molar-refractivity contribution in [3.8, 4) is 0 Å². The fourth-order valence-electron chi connectivity index (χ4n) is 3.11. The third kappa shape index (κ3) is 2.65. The Morgan fingerprint density at radius 1 is 1.16 bits per heavy atom. The Kier molecular flexibility index (Phi) is 3.72. The van der Waals surface area contributed by atoms with E-state index in [4.69, 9.17) is 0 Å². The lowest BCUT2D eigenvalue weighted by molar-refractivity contribution is 0.0944. The number of benzene rings is 2. The maximum absolute atomic E-state index is 13.9. The summed E-state index contributed by atoms with van der Waals surface area (Å²) in [6.45, 7) is 1.08. The minimum atomic E-state index is -0.322. The zero-order chi connectivity index (χ0) is 17.4. The normalized spacial score (nSPS) is 11.3. The number of fused-ring (bicyclic) bond motifs is 2. The smallest absolute Gasteiger partial charge is 0.267 e. The first-order valence-electron chi connectivity index (χ1n) is 8.07. The summed E-state index contributed by atoms with van der Waals surface area (Å²) < 4.78 is 17.6. The van der Waals surface area contributed by atoms with E-state index in [1.165, 1.54) is 6.07 Å². The van der Waals surface area contributed by atoms with E-state index < -0.39 is 0 Å². The molecule has 126 valence electrons. The van der Waals surface area contributed by atoms with Crippen molar-refractivity contribution in [3.05, 3.63) is 66.4 Å². The lowest BCUT2D eigenvalue weighted by Gasteiger charge is -2.08. The molecule has 0 saturated carbocycles. The van der Waals surface area contributed by atoms with Gasteiger partial charge in [-0.05, 0) is 30.3 Å². The quantitative estimate of drug-likeness (QED) is 0.623. The van der Waals surface area contributed by atoms with Gasteiger partial charge < -0.3 is 14.5 Å². The molecule has 0 saturated heterocycles. The van der Waals surface area contributed by atoms with Gasteiger partial charge in [-0.2, -0.15) is 0 Å². The molecule has 0 unspecified atom stereocenters. The average Bonchev–Trinajstić information content (AvgIpc) is 3.18. The van der Waals surface area contributed by atoms with E-state index in [0.29, 0.717) is 29.7 Å². The van der Waals surface area contributed by atoms with Crippen LogP contribution in [0.2, 0.25) is 0 Å². The average molecular weight is 336 g/mol. The third-order valence-electron chi connectivity index (χ3n) is 4.43. The summed E-state index contributed by atoms with van der Waals surface area (Å²) in [4.78, 5) is 16.8. The predicted molar refractivity (Wildman–Crippen MR) is 94.9 cm³/mol. The predicted octanol–water partition coefficient (Wildman–Crippen LogP) is 3.10. The van der Waals surface area contributed by atoms with Crippen LogP contribution in [0.15, 0.2) is 54.9 Å². The van der Waals surface area contributed by atoms with Crippen LogP contribution < -0.4 is 5.32 Å². The zero-order valence-corrected chi connectivity index (χ0v) is 13.7. The number of hydrogen-bond acceptors (Lipinski definition) is 2. The van der Waals surface area contributed by atoms with Crippen molar-refractivity contribution in [1.29, 1.82) is 0 Å². The first-order valence-corrected chi connectivity index (χ1v) is 8.07. The zero-order valence-electron chi connectivity index (χ0n) is 13.7. The Morgan fingerprint density at radius 2 is 1.96 bits per heavy atom. The molecule has 2 aromatic carbocycles. The van der Waals surface area contributed by atoms with E-state index in [9.17, 15) is 9.18 Å². The number of para-hydroxylation sites is 2. The number of aryl methyl sites for hydroxylation is 1. The number of carbonyl (C=O) groups is 1. The van der Waals surface area contributed by atoms with E-state index in [1.54, 1.807) is 36.1 Å². The molecule has 5 nitrogen and oxygen atoms in total. The minimum absolute atomic E-state index is 0.220. The SMILES string of the molecule is Cn1c(C(=O)NCCn2cnc3ccccc32)cc2c(F)cccc21. The summed E-state index contributed by atoms with van der Waals surface area (Å²) in [5.41, 5.74) is 3.10. The second-order valence-electron chi connectivity index (χ2n) is 5.94. The van der Waals surface area contributed by atoms with E-state index in [2.05, 4.69) is 10.3 Å². The molecule has 0 aliphatic carbocycles. The largest absolute Gasteiger partial charge is 0.349 e. The molecule has 25 heavy (non-hydrogen) atoms. The Hall–Kier alpha value is -3.15. The molecule has 0 aliphatic rings. The second kappa shape index (κ2) is 6.05. The van der Waals surface area contributed by atoms with Gasteiger partial charge in [-0.1, -0.05) is 18.2 Å². The van der Waals surface area contributed by atoms with Crippen LogP contribution in [0.5, 0.6) is 0 Å². The first-order chi connectivity index (χ1) is 12.1. The van der Waals surface area contributed by atoms with Gasteiger partial charge in [-0.25, -0.2) is 9.37 Å². The Morgan fingerprint density at radius 3 is 2.80 bits per heavy atom. The number of imidazole rings is 1. The fraction of sp³-hybridized carbons (Fsp3) is 0.158. The van der Waals surface area contributed by atoms with Gasteiger partial charge in [-0.15, -0.1) is 0 Å². The summed E-state index contributed by atoms with van der Waals surface area (Å²) in [6, 6.07) is 14.3. The van der Waals surface area contributed by atoms with Crippen molar-refractivity contribution in [2.24, 2.45) is 7.05 Å². The maximum Gasteiger partial charge on any atom is 0.267 e. The third-order valence-corrected chi connectivity index (χ3v) is 4.43. The van der Waals surface area contributed by atoms with Crippen molar-refractivity contribution in [2.45, 2.75) is 6.54 Å². The Bertz CT molecular complexity index is 1080. The highest BCUT2D eigenvalue weighted by Gasteiger charge is 2.15. The Labute approximate surface area is 143 Å². The molecule has 2 heterocycles. The lowest BCUT2D eigenvalue weighted by atomic mass is 10.2. The van der Waals surface area contributed by atoms with Gasteiger partial charge in [0.2, 0.25) is 0 Å². The molecular formula is C19H17FN4O. The van der Waals surface area contributed by atoms with Gasteiger partial charge in [0.15, 0.2) is 0 Å². The molecule has 4 rings (SSSR count). The van der Waals surface area contributed by atoms with Crippen molar-refractivity contribution in [1.82, 2.24) is 19.4 Å². The van der Waals surface area contributed by atoms with Crippen LogP contribution >= 0.6 is 0 Å². The summed E-state index contributed by atoms with van der Waals surface area (Å²) in [5, 5.41) is 3.35. The monoisotopic (exact) mass is 336 g/mol. The van der Waals surface area contributed by atoms with Crippen LogP contribution in [0.25, 0.3) is 21.9 Å². The van der Waals surface area contributed by atoms with Gasteiger partial charge in [0.05, 0.1) is 22.9 Å². The Balaban J connectivity index is 1.49. The van der Waals surface area contributed by atoms with Gasteiger partial charge >= 0.3 is 0 Å². The molecule has 0 fully saturated rings. The summed E-state index contributed by atoms with van der Waals surface area (Å²) in [6.07, 6.45) is 1.77. The number of hydrogen-bond donors (Lipinski definition) is 1. The van der Waals surface area contributed by atoms with Crippen molar-refractivity contribution >= 4 is 27.8 Å². The van der Waals surface area contributed by atoms with E-state index in [0.717, 1.165) is 11.0 Å². The number of aromatic nitrogens is 3. The number of halogens is 1. The summed E-state index contributed by atoms with van der Waals surface area (Å²) in [7, 11) is 1.76. The van der Waals surface area contributed by atoms with Crippen LogP contribution in [0.3, 0.4) is 0 Å². The molecule has 0 spiro atoms. The van der Waals surface area contributed by atoms with Crippen LogP contribution in [0, 0.1) is 5.82 Å². The van der Waals surface area contributed by atoms with Crippen molar-refractivity contribution < 1.29 is 9.18 Å². The molecular weight excluding hydrogens is 319 g/mol. The van der Waals surface area contributed by atoms with Crippen LogP contribution in [0.4, 0.5) is 4.39 Å².